The Morgan fingerprint density at radius 3 is 2.46 bits per heavy atom. The maximum Gasteiger partial charge on any atom is 0.161 e. The third kappa shape index (κ3) is 5.32. The maximum absolute atomic E-state index is 13.6. The first kappa shape index (κ1) is 27.7. The number of anilines is 1. The zero-order valence-electron chi connectivity index (χ0n) is 21.5. The van der Waals surface area contributed by atoms with Crippen LogP contribution in [0.15, 0.2) is 82.2 Å². The van der Waals surface area contributed by atoms with E-state index in [0.29, 0.717) is 57.0 Å². The van der Waals surface area contributed by atoms with Gasteiger partial charge in [-0.2, -0.15) is 5.26 Å². The second-order valence-corrected chi connectivity index (χ2v) is 12.1. The topological polar surface area (TPSA) is 70.1 Å². The van der Waals surface area contributed by atoms with Crippen molar-refractivity contribution in [1.29, 1.82) is 5.26 Å². The fourth-order valence-corrected chi connectivity index (χ4v) is 6.79. The summed E-state index contributed by atoms with van der Waals surface area (Å²) in [6.45, 7) is 4.11. The SMILES string of the molecule is Cc1cc(CSc2ccc(Cl)cc2)c(C)c(C2C(C#N)=C(N)N(c3ccc(Cl)c(Cl)c3)C3=C2C(=O)CCC3)c1. The van der Waals surface area contributed by atoms with Gasteiger partial charge in [-0.15, -0.1) is 11.8 Å². The van der Waals surface area contributed by atoms with Crippen LogP contribution in [0.25, 0.3) is 0 Å². The van der Waals surface area contributed by atoms with Gasteiger partial charge in [-0.25, -0.2) is 0 Å². The van der Waals surface area contributed by atoms with E-state index >= 15 is 0 Å². The highest BCUT2D eigenvalue weighted by atomic mass is 35.5. The van der Waals surface area contributed by atoms with E-state index in [4.69, 9.17) is 40.5 Å². The molecule has 0 bridgehead atoms. The molecule has 1 atom stereocenters. The van der Waals surface area contributed by atoms with Crippen LogP contribution in [-0.4, -0.2) is 5.78 Å². The molecule has 4 nitrogen and oxygen atoms in total. The summed E-state index contributed by atoms with van der Waals surface area (Å²) in [6, 6.07) is 19.6. The highest BCUT2D eigenvalue weighted by molar-refractivity contribution is 7.98. The lowest BCUT2D eigenvalue weighted by atomic mass is 9.73. The first-order valence-corrected chi connectivity index (χ1v) is 14.7. The number of hydrogen-bond donors (Lipinski definition) is 1. The number of carbonyl (C=O) groups excluding carboxylic acids is 1. The van der Waals surface area contributed by atoms with Gasteiger partial charge < -0.3 is 5.73 Å². The van der Waals surface area contributed by atoms with Crippen LogP contribution in [0.3, 0.4) is 0 Å². The summed E-state index contributed by atoms with van der Waals surface area (Å²) in [5.41, 5.74) is 13.5. The molecular formula is C31H26Cl3N3OS. The highest BCUT2D eigenvalue weighted by Gasteiger charge is 2.41. The number of allylic oxidation sites excluding steroid dienone is 3. The molecule has 0 saturated carbocycles. The Balaban J connectivity index is 1.63. The number of ketones is 1. The Morgan fingerprint density at radius 2 is 1.77 bits per heavy atom. The lowest BCUT2D eigenvalue weighted by Crippen LogP contribution is -2.39. The Bertz CT molecular complexity index is 1590. The third-order valence-electron chi connectivity index (χ3n) is 7.29. The molecule has 198 valence electrons. The van der Waals surface area contributed by atoms with Crippen LogP contribution >= 0.6 is 46.6 Å². The molecular weight excluding hydrogens is 569 g/mol. The number of nitrogens with zero attached hydrogens (tertiary/aromatic N) is 2. The molecule has 5 rings (SSSR count). The molecule has 2 N–H and O–H groups in total. The van der Waals surface area contributed by atoms with Gasteiger partial charge in [-0.1, -0.05) is 52.5 Å². The van der Waals surface area contributed by atoms with Gasteiger partial charge in [-0.3, -0.25) is 9.69 Å². The van der Waals surface area contributed by atoms with E-state index < -0.39 is 5.92 Å². The van der Waals surface area contributed by atoms with E-state index in [9.17, 15) is 10.1 Å². The lowest BCUT2D eigenvalue weighted by Gasteiger charge is -2.40. The summed E-state index contributed by atoms with van der Waals surface area (Å²) in [5.74, 6) is 0.568. The normalized spacial score (nSPS) is 17.4. The van der Waals surface area contributed by atoms with E-state index in [0.717, 1.165) is 38.6 Å². The molecule has 0 aromatic heterocycles. The zero-order valence-corrected chi connectivity index (χ0v) is 24.6. The standard InChI is InChI=1S/C31H26Cl3N3OS/c1-17-12-19(16-39-22-9-6-20(32)7-10-22)18(2)23(13-17)29-24(15-35)31(36)37(21-8-11-25(33)26(34)14-21)27-4-3-5-28(38)30(27)29/h6-14,29H,3-5,16,36H2,1-2H3. The van der Waals surface area contributed by atoms with Crippen molar-refractivity contribution in [2.24, 2.45) is 5.73 Å². The summed E-state index contributed by atoms with van der Waals surface area (Å²) in [7, 11) is 0. The van der Waals surface area contributed by atoms with E-state index in [1.807, 2.05) is 42.2 Å². The van der Waals surface area contributed by atoms with Crippen LogP contribution in [0.5, 0.6) is 0 Å². The molecule has 1 aliphatic carbocycles. The molecule has 1 heterocycles. The van der Waals surface area contributed by atoms with Crippen molar-refractivity contribution in [3.05, 3.63) is 115 Å². The molecule has 3 aromatic rings. The minimum absolute atomic E-state index is 0.0459. The Kier molecular flexibility index (Phi) is 8.03. The van der Waals surface area contributed by atoms with Gasteiger partial charge in [0.1, 0.15) is 5.82 Å². The number of nitrogens with two attached hydrogens (primary N) is 1. The second-order valence-electron chi connectivity index (χ2n) is 9.80. The number of rotatable bonds is 5. The first-order valence-electron chi connectivity index (χ1n) is 12.6. The van der Waals surface area contributed by atoms with Crippen LogP contribution in [0.2, 0.25) is 15.1 Å². The third-order valence-corrected chi connectivity index (χ3v) is 9.35. The number of hydrogen-bond acceptors (Lipinski definition) is 5. The first-order chi connectivity index (χ1) is 18.7. The van der Waals surface area contributed by atoms with Gasteiger partial charge in [0.25, 0.3) is 0 Å². The molecule has 0 saturated heterocycles. The summed E-state index contributed by atoms with van der Waals surface area (Å²) in [6.07, 6.45) is 1.82. The van der Waals surface area contributed by atoms with Gasteiger partial charge in [0.05, 0.1) is 27.6 Å². The molecule has 2 aliphatic rings. The number of Topliss-reactive ketones (excluding diaryl/α,β-unsaturated/α-hetero) is 1. The van der Waals surface area contributed by atoms with Crippen LogP contribution in [0, 0.1) is 25.2 Å². The molecule has 0 radical (unpaired) electrons. The molecule has 0 fully saturated rings. The highest BCUT2D eigenvalue weighted by Crippen LogP contribution is 2.48. The number of halogens is 3. The van der Waals surface area contributed by atoms with Crippen LogP contribution in [0.1, 0.15) is 47.4 Å². The summed E-state index contributed by atoms with van der Waals surface area (Å²) < 4.78 is 0. The van der Waals surface area contributed by atoms with Crippen molar-refractivity contribution in [2.75, 3.05) is 4.90 Å². The quantitative estimate of drug-likeness (QED) is 0.299. The van der Waals surface area contributed by atoms with Crippen molar-refractivity contribution in [3.63, 3.8) is 0 Å². The maximum atomic E-state index is 13.6. The Morgan fingerprint density at radius 1 is 1.03 bits per heavy atom. The lowest BCUT2D eigenvalue weighted by molar-refractivity contribution is -0.116. The number of aryl methyl sites for hydroxylation is 1. The van der Waals surface area contributed by atoms with E-state index in [1.54, 1.807) is 23.9 Å². The van der Waals surface area contributed by atoms with Crippen LogP contribution in [-0.2, 0) is 10.5 Å². The van der Waals surface area contributed by atoms with Crippen molar-refractivity contribution >= 4 is 58.0 Å². The van der Waals surface area contributed by atoms with E-state index in [2.05, 4.69) is 25.1 Å². The molecule has 1 unspecified atom stereocenters. The molecule has 1 aliphatic heterocycles. The van der Waals surface area contributed by atoms with Crippen LogP contribution in [0.4, 0.5) is 5.69 Å². The zero-order chi connectivity index (χ0) is 27.8. The van der Waals surface area contributed by atoms with Gasteiger partial charge in [-0.05, 0) is 85.8 Å². The van der Waals surface area contributed by atoms with Gasteiger partial charge >= 0.3 is 0 Å². The van der Waals surface area contributed by atoms with Gasteiger partial charge in [0, 0.05) is 39.0 Å². The number of carbonyl (C=O) groups is 1. The average Bonchev–Trinajstić information content (AvgIpc) is 2.91. The van der Waals surface area contributed by atoms with Crippen molar-refractivity contribution in [2.45, 2.75) is 49.7 Å². The van der Waals surface area contributed by atoms with E-state index in [1.165, 1.54) is 0 Å². The molecule has 0 amide bonds. The Labute approximate surface area is 248 Å². The molecule has 0 spiro atoms. The molecule has 3 aromatic carbocycles. The van der Waals surface area contributed by atoms with Crippen molar-refractivity contribution in [3.8, 4) is 6.07 Å². The largest absolute Gasteiger partial charge is 0.384 e. The summed E-state index contributed by atoms with van der Waals surface area (Å²) in [5, 5.41) is 11.9. The van der Waals surface area contributed by atoms with Gasteiger partial charge in [0.15, 0.2) is 5.78 Å². The fraction of sp³-hybridized carbons (Fsp3) is 0.226. The predicted molar refractivity (Wildman–Crippen MR) is 161 cm³/mol. The van der Waals surface area contributed by atoms with Crippen molar-refractivity contribution in [1.82, 2.24) is 0 Å². The number of nitriles is 1. The smallest absolute Gasteiger partial charge is 0.161 e. The molecule has 39 heavy (non-hydrogen) atoms. The van der Waals surface area contributed by atoms with Crippen molar-refractivity contribution < 1.29 is 4.79 Å². The average molecular weight is 595 g/mol. The monoisotopic (exact) mass is 593 g/mol. The molecule has 8 heteroatoms. The van der Waals surface area contributed by atoms with E-state index in [-0.39, 0.29) is 5.78 Å². The summed E-state index contributed by atoms with van der Waals surface area (Å²) in [4.78, 5) is 16.5. The van der Waals surface area contributed by atoms with Crippen LogP contribution < -0.4 is 10.6 Å². The summed E-state index contributed by atoms with van der Waals surface area (Å²) >= 11 is 20.3. The minimum Gasteiger partial charge on any atom is -0.384 e. The van der Waals surface area contributed by atoms with Gasteiger partial charge in [0.2, 0.25) is 0 Å². The Hall–Kier alpha value is -2.88. The fourth-order valence-electron chi connectivity index (χ4n) is 5.42. The second kappa shape index (κ2) is 11.3. The number of thioether (sulfide) groups is 1. The predicted octanol–water partition coefficient (Wildman–Crippen LogP) is 8.86. The minimum atomic E-state index is -0.531. The number of benzene rings is 3.